The summed E-state index contributed by atoms with van der Waals surface area (Å²) in [4.78, 5) is 51.9. The molecule has 36 heavy (non-hydrogen) atoms. The molecule has 1 fully saturated rings. The number of amides is 1. The minimum absolute atomic E-state index is 0.0262. The van der Waals surface area contributed by atoms with Crippen LogP contribution >= 0.6 is 0 Å². The van der Waals surface area contributed by atoms with Crippen molar-refractivity contribution in [3.63, 3.8) is 0 Å². The number of phenolic OH excluding ortho intramolecular Hbond substituents is 1. The number of fused-ring (bicyclic) bond motifs is 3. The Hall–Kier alpha value is -3.96. The molecule has 0 radical (unpaired) electrons. The van der Waals surface area contributed by atoms with Crippen LogP contribution in [0.1, 0.15) is 23.1 Å². The Bertz CT molecular complexity index is 1310. The summed E-state index contributed by atoms with van der Waals surface area (Å²) in [5.41, 5.74) is 2.37. The number of hydrogen-bond donors (Lipinski definition) is 5. The van der Waals surface area contributed by atoms with Crippen LogP contribution in [0.5, 0.6) is 5.75 Å². The number of aromatic hydroxyl groups is 1. The third-order valence-corrected chi connectivity index (χ3v) is 7.24. The monoisotopic (exact) mass is 498 g/mol. The number of aliphatic hydroxyl groups is 3. The zero-order chi connectivity index (χ0) is 26.7. The molecule has 1 saturated carbocycles. The zero-order valence-electron chi connectivity index (χ0n) is 19.8. The largest absolute Gasteiger partial charge is 0.508 e. The summed E-state index contributed by atoms with van der Waals surface area (Å²) in [6, 6.07) is 1.65. The Kier molecular flexibility index (Phi) is 6.01. The molecule has 0 unspecified atom stereocenters. The van der Waals surface area contributed by atoms with E-state index in [0.717, 1.165) is 0 Å². The lowest BCUT2D eigenvalue weighted by Crippen LogP contribution is -2.65. The molecule has 11 heteroatoms. The number of methoxy groups -OCH3 is 1. The smallest absolute Gasteiger partial charge is 0.330 e. The van der Waals surface area contributed by atoms with Gasteiger partial charge in [0, 0.05) is 17.6 Å². The minimum atomic E-state index is -2.69. The van der Waals surface area contributed by atoms with E-state index >= 15 is 0 Å². The lowest BCUT2D eigenvalue weighted by atomic mass is 9.57. The highest BCUT2D eigenvalue weighted by Crippen LogP contribution is 2.53. The molecule has 3 aliphatic rings. The first-order valence-corrected chi connectivity index (χ1v) is 11.1. The summed E-state index contributed by atoms with van der Waals surface area (Å²) in [6.07, 6.45) is 2.71. The van der Waals surface area contributed by atoms with Crippen molar-refractivity contribution in [1.29, 1.82) is 0 Å². The van der Waals surface area contributed by atoms with Gasteiger partial charge < -0.3 is 30.9 Å². The van der Waals surface area contributed by atoms with Crippen LogP contribution in [0, 0.1) is 11.8 Å². The summed E-state index contributed by atoms with van der Waals surface area (Å²) in [5, 5.41) is 44.0. The van der Waals surface area contributed by atoms with Gasteiger partial charge in [0.2, 0.25) is 5.78 Å². The average Bonchev–Trinajstić information content (AvgIpc) is 2.80. The van der Waals surface area contributed by atoms with Gasteiger partial charge in [-0.05, 0) is 56.1 Å². The molecule has 1 aromatic rings. The lowest BCUT2D eigenvalue weighted by Gasteiger charge is -2.50. The molecular weight excluding hydrogens is 472 g/mol. The summed E-state index contributed by atoms with van der Waals surface area (Å²) in [6.45, 7) is 0. The van der Waals surface area contributed by atoms with E-state index < -0.39 is 64.0 Å². The van der Waals surface area contributed by atoms with E-state index in [-0.39, 0.29) is 29.7 Å². The number of nitrogens with zero attached hydrogens (tertiary/aromatic N) is 1. The summed E-state index contributed by atoms with van der Waals surface area (Å²) in [7, 11) is 4.27. The number of ketones is 2. The number of ether oxygens (including phenoxy) is 1. The van der Waals surface area contributed by atoms with Crippen LogP contribution in [0.2, 0.25) is 0 Å². The number of phenols is 1. The van der Waals surface area contributed by atoms with Crippen molar-refractivity contribution in [2.75, 3.05) is 21.2 Å². The third kappa shape index (κ3) is 3.42. The molecule has 0 aromatic heterocycles. The van der Waals surface area contributed by atoms with E-state index in [1.807, 2.05) is 0 Å². The van der Waals surface area contributed by atoms with Gasteiger partial charge in [-0.2, -0.15) is 0 Å². The van der Waals surface area contributed by atoms with Crippen LogP contribution in [0.25, 0.3) is 11.8 Å². The van der Waals surface area contributed by atoms with E-state index in [1.54, 1.807) is 0 Å². The number of nitrogens with two attached hydrogens (primary N) is 1. The Labute approximate surface area is 205 Å². The molecule has 3 aliphatic carbocycles. The van der Waals surface area contributed by atoms with Crippen molar-refractivity contribution < 1.29 is 44.3 Å². The van der Waals surface area contributed by atoms with Crippen molar-refractivity contribution in [2.24, 2.45) is 17.6 Å². The normalized spacial score (nSPS) is 27.8. The van der Waals surface area contributed by atoms with Gasteiger partial charge in [0.15, 0.2) is 11.4 Å². The number of primary amides is 1. The number of hydrogen-bond acceptors (Lipinski definition) is 10. The molecule has 11 nitrogen and oxygen atoms in total. The van der Waals surface area contributed by atoms with Gasteiger partial charge >= 0.3 is 5.97 Å². The van der Waals surface area contributed by atoms with Gasteiger partial charge in [0.1, 0.15) is 22.8 Å². The summed E-state index contributed by atoms with van der Waals surface area (Å²) >= 11 is 0. The van der Waals surface area contributed by atoms with Crippen LogP contribution in [-0.4, -0.2) is 81.6 Å². The fraction of sp³-hybridized carbons (Fsp3) is 0.360. The number of Topliss-reactive ketones (excluding diaryl/α,β-unsaturated/α-hetero) is 2. The van der Waals surface area contributed by atoms with Crippen LogP contribution in [0.15, 0.2) is 35.1 Å². The van der Waals surface area contributed by atoms with Gasteiger partial charge in [-0.25, -0.2) is 4.79 Å². The van der Waals surface area contributed by atoms with Crippen LogP contribution in [-0.2, 0) is 30.3 Å². The number of likely N-dealkylation sites (N-methyl/N-ethyl adjacent to an activating group) is 1. The van der Waals surface area contributed by atoms with Gasteiger partial charge in [0.05, 0.1) is 18.7 Å². The minimum Gasteiger partial charge on any atom is -0.508 e. The van der Waals surface area contributed by atoms with E-state index in [4.69, 9.17) is 5.73 Å². The fourth-order valence-electron chi connectivity index (χ4n) is 5.65. The van der Waals surface area contributed by atoms with Gasteiger partial charge in [0.25, 0.3) is 5.91 Å². The highest BCUT2D eigenvalue weighted by atomic mass is 16.5. The van der Waals surface area contributed by atoms with Crippen molar-refractivity contribution in [3.8, 4) is 5.75 Å². The first-order chi connectivity index (χ1) is 16.9. The van der Waals surface area contributed by atoms with Gasteiger partial charge in [-0.3, -0.25) is 19.3 Å². The van der Waals surface area contributed by atoms with Crippen molar-refractivity contribution in [3.05, 3.63) is 51.8 Å². The Morgan fingerprint density at radius 3 is 2.44 bits per heavy atom. The lowest BCUT2D eigenvalue weighted by molar-refractivity contribution is -0.153. The van der Waals surface area contributed by atoms with Crippen molar-refractivity contribution in [1.82, 2.24) is 4.90 Å². The molecule has 0 saturated heterocycles. The molecule has 0 spiro atoms. The maximum atomic E-state index is 13.7. The van der Waals surface area contributed by atoms with Crippen LogP contribution in [0.4, 0.5) is 0 Å². The van der Waals surface area contributed by atoms with E-state index in [2.05, 4.69) is 4.74 Å². The SMILES string of the molecule is COC(=O)/C=C/c1ccc(O)c2c1C[C@@H]1C[C@@H]3[C@@H](N(C)C)C(=O)C(C(N)=O)=C(O)[C@]3(O)C(=O)C1=C2O. The molecule has 0 aliphatic heterocycles. The molecule has 4 atom stereocenters. The molecule has 4 rings (SSSR count). The Balaban J connectivity index is 1.94. The second-order valence-corrected chi connectivity index (χ2v) is 9.35. The average molecular weight is 498 g/mol. The molecule has 190 valence electrons. The molecule has 6 N–H and O–H groups in total. The molecular formula is C25H26N2O9. The second kappa shape index (κ2) is 8.61. The topological polar surface area (TPSA) is 188 Å². The zero-order valence-corrected chi connectivity index (χ0v) is 19.8. The summed E-state index contributed by atoms with van der Waals surface area (Å²) < 4.78 is 4.61. The predicted molar refractivity (Wildman–Crippen MR) is 125 cm³/mol. The van der Waals surface area contributed by atoms with Gasteiger partial charge in [-0.1, -0.05) is 6.07 Å². The molecule has 0 bridgehead atoms. The predicted octanol–water partition coefficient (Wildman–Crippen LogP) is 0.150. The number of esters is 1. The van der Waals surface area contributed by atoms with E-state index in [9.17, 15) is 39.6 Å². The number of rotatable bonds is 4. The third-order valence-electron chi connectivity index (χ3n) is 7.24. The second-order valence-electron chi connectivity index (χ2n) is 9.35. The fourth-order valence-corrected chi connectivity index (χ4v) is 5.65. The van der Waals surface area contributed by atoms with Gasteiger partial charge in [-0.15, -0.1) is 0 Å². The van der Waals surface area contributed by atoms with Crippen LogP contribution < -0.4 is 5.73 Å². The highest BCUT2D eigenvalue weighted by Gasteiger charge is 2.64. The molecule has 1 amide bonds. The van der Waals surface area contributed by atoms with E-state index in [1.165, 1.54) is 50.4 Å². The Morgan fingerprint density at radius 2 is 1.86 bits per heavy atom. The number of aliphatic hydroxyl groups excluding tert-OH is 2. The maximum Gasteiger partial charge on any atom is 0.330 e. The first-order valence-electron chi connectivity index (χ1n) is 11.1. The summed E-state index contributed by atoms with van der Waals surface area (Å²) in [5.74, 6) is -7.77. The molecule has 1 aromatic carbocycles. The van der Waals surface area contributed by atoms with Crippen LogP contribution in [0.3, 0.4) is 0 Å². The van der Waals surface area contributed by atoms with Crippen molar-refractivity contribution >= 4 is 35.3 Å². The number of benzene rings is 1. The number of carbonyl (C=O) groups excluding carboxylic acids is 4. The number of carbonyl (C=O) groups is 4. The Morgan fingerprint density at radius 1 is 1.19 bits per heavy atom. The highest BCUT2D eigenvalue weighted by molar-refractivity contribution is 6.24. The van der Waals surface area contributed by atoms with E-state index in [0.29, 0.717) is 11.1 Å². The standard InChI is InChI=1S/C25H26N2O9/c1-27(2)19-13-9-11-8-12-10(5-7-15(29)36-3)4-6-14(28)17(12)20(30)16(11)22(32)25(13,35)23(33)18(21(19)31)24(26)34/h4-7,11,13,19,28,30,33,35H,8-9H2,1-3H3,(H2,26,34)/b7-5+/t11-,13-,19-,25-/m1/s1. The maximum absolute atomic E-state index is 13.7. The molecule has 0 heterocycles. The first kappa shape index (κ1) is 25.1. The quantitative estimate of drug-likeness (QED) is 0.217. The van der Waals surface area contributed by atoms with Crippen molar-refractivity contribution in [2.45, 2.75) is 24.5 Å².